The number of ether oxygens (including phenoxy) is 1. The van der Waals surface area contributed by atoms with Gasteiger partial charge in [-0.3, -0.25) is 14.5 Å². The number of hydrogen-bond donors (Lipinski definition) is 2. The zero-order valence-electron chi connectivity index (χ0n) is 17.0. The van der Waals surface area contributed by atoms with Crippen LogP contribution in [0.25, 0.3) is 0 Å². The van der Waals surface area contributed by atoms with Crippen LogP contribution in [-0.2, 0) is 15.1 Å². The number of anilines is 1. The third-order valence-electron chi connectivity index (χ3n) is 5.26. The molecule has 0 spiro atoms. The Labute approximate surface area is 170 Å². The molecule has 0 unspecified atom stereocenters. The van der Waals surface area contributed by atoms with Crippen LogP contribution in [0.1, 0.15) is 30.0 Å². The standard InChI is InChI=1S/C22H25N3O4/c1-5-22(16-8-10-17(29-4)11-9-16)20(27)25(21(28)24-22)13-19(26)23-18-12-14(2)6-7-15(18)3/h6-12H,5,13H2,1-4H3,(H,23,26)(H,24,28)/t22-/m1/s1. The Morgan fingerprint density at radius 1 is 1.14 bits per heavy atom. The molecule has 1 atom stereocenters. The number of urea groups is 1. The Bertz CT molecular complexity index is 955. The van der Waals surface area contributed by atoms with E-state index in [9.17, 15) is 14.4 Å². The minimum absolute atomic E-state index is 0.351. The average Bonchev–Trinajstić information content (AvgIpc) is 2.96. The van der Waals surface area contributed by atoms with Crippen molar-refractivity contribution in [2.45, 2.75) is 32.7 Å². The Hall–Kier alpha value is -3.35. The molecule has 0 aliphatic carbocycles. The lowest BCUT2D eigenvalue weighted by Gasteiger charge is -2.26. The highest BCUT2D eigenvalue weighted by molar-refractivity contribution is 6.10. The van der Waals surface area contributed by atoms with E-state index in [1.807, 2.05) is 39.0 Å². The second-order valence-corrected chi connectivity index (χ2v) is 7.18. The summed E-state index contributed by atoms with van der Waals surface area (Å²) < 4.78 is 5.16. The Kier molecular flexibility index (Phi) is 5.59. The first kappa shape index (κ1) is 20.4. The molecule has 2 N–H and O–H groups in total. The van der Waals surface area contributed by atoms with Crippen LogP contribution in [0.2, 0.25) is 0 Å². The molecule has 2 aromatic carbocycles. The van der Waals surface area contributed by atoms with Crippen LogP contribution in [0.4, 0.5) is 10.5 Å². The van der Waals surface area contributed by atoms with Gasteiger partial charge in [0.2, 0.25) is 5.91 Å². The summed E-state index contributed by atoms with van der Waals surface area (Å²) in [4.78, 5) is 39.2. The molecule has 0 radical (unpaired) electrons. The fourth-order valence-corrected chi connectivity index (χ4v) is 3.49. The number of rotatable bonds is 6. The van der Waals surface area contributed by atoms with Gasteiger partial charge in [0.1, 0.15) is 17.8 Å². The number of carbonyl (C=O) groups excluding carboxylic acids is 3. The van der Waals surface area contributed by atoms with Crippen LogP contribution in [0.15, 0.2) is 42.5 Å². The lowest BCUT2D eigenvalue weighted by atomic mass is 9.87. The molecule has 1 fully saturated rings. The van der Waals surface area contributed by atoms with E-state index in [2.05, 4.69) is 10.6 Å². The van der Waals surface area contributed by atoms with Crippen LogP contribution in [0.5, 0.6) is 5.75 Å². The lowest BCUT2D eigenvalue weighted by molar-refractivity contribution is -0.134. The number of amides is 4. The summed E-state index contributed by atoms with van der Waals surface area (Å²) in [6.45, 7) is 5.28. The molecule has 2 aromatic rings. The Morgan fingerprint density at radius 3 is 2.45 bits per heavy atom. The summed E-state index contributed by atoms with van der Waals surface area (Å²) in [6, 6.07) is 12.1. The predicted molar refractivity (Wildman–Crippen MR) is 110 cm³/mol. The van der Waals surface area contributed by atoms with Crippen molar-refractivity contribution < 1.29 is 19.1 Å². The Morgan fingerprint density at radius 2 is 1.83 bits per heavy atom. The number of nitrogens with one attached hydrogen (secondary N) is 2. The van der Waals surface area contributed by atoms with Gasteiger partial charge in [-0.05, 0) is 55.2 Å². The molecule has 0 aromatic heterocycles. The highest BCUT2D eigenvalue weighted by Crippen LogP contribution is 2.33. The van der Waals surface area contributed by atoms with E-state index < -0.39 is 23.4 Å². The van der Waals surface area contributed by atoms with Gasteiger partial charge in [0.15, 0.2) is 0 Å². The SMILES string of the molecule is CC[C@]1(c2ccc(OC)cc2)NC(=O)N(CC(=O)Nc2cc(C)ccc2C)C1=O. The second-order valence-electron chi connectivity index (χ2n) is 7.18. The van der Waals surface area contributed by atoms with Gasteiger partial charge in [0, 0.05) is 5.69 Å². The maximum absolute atomic E-state index is 13.2. The van der Waals surface area contributed by atoms with Crippen LogP contribution in [-0.4, -0.2) is 36.4 Å². The predicted octanol–water partition coefficient (Wildman–Crippen LogP) is 3.11. The third kappa shape index (κ3) is 3.81. The first-order valence-electron chi connectivity index (χ1n) is 9.46. The lowest BCUT2D eigenvalue weighted by Crippen LogP contribution is -2.44. The van der Waals surface area contributed by atoms with E-state index in [-0.39, 0.29) is 6.54 Å². The second kappa shape index (κ2) is 7.95. The van der Waals surface area contributed by atoms with E-state index in [1.54, 1.807) is 31.4 Å². The smallest absolute Gasteiger partial charge is 0.325 e. The number of methoxy groups -OCH3 is 1. The maximum atomic E-state index is 13.2. The van der Waals surface area contributed by atoms with E-state index in [0.29, 0.717) is 23.4 Å². The van der Waals surface area contributed by atoms with Crippen LogP contribution >= 0.6 is 0 Å². The van der Waals surface area contributed by atoms with Crippen molar-refractivity contribution >= 4 is 23.5 Å². The van der Waals surface area contributed by atoms with Crippen LogP contribution in [0, 0.1) is 13.8 Å². The highest BCUT2D eigenvalue weighted by Gasteiger charge is 2.51. The van der Waals surface area contributed by atoms with Crippen molar-refractivity contribution in [1.82, 2.24) is 10.2 Å². The molecule has 3 rings (SSSR count). The molecule has 1 aliphatic rings. The molecule has 152 valence electrons. The Balaban J connectivity index is 1.80. The first-order chi connectivity index (χ1) is 13.8. The first-order valence-corrected chi connectivity index (χ1v) is 9.46. The number of benzene rings is 2. The van der Waals surface area contributed by atoms with Crippen molar-refractivity contribution in [2.24, 2.45) is 0 Å². The van der Waals surface area contributed by atoms with Crippen molar-refractivity contribution in [2.75, 3.05) is 19.0 Å². The van der Waals surface area contributed by atoms with Gasteiger partial charge < -0.3 is 15.4 Å². The van der Waals surface area contributed by atoms with Gasteiger partial charge in [-0.1, -0.05) is 31.2 Å². The number of nitrogens with zero attached hydrogens (tertiary/aromatic N) is 1. The van der Waals surface area contributed by atoms with Crippen molar-refractivity contribution in [3.05, 3.63) is 59.2 Å². The molecule has 7 nitrogen and oxygen atoms in total. The van der Waals surface area contributed by atoms with Crippen molar-refractivity contribution in [3.63, 3.8) is 0 Å². The molecular weight excluding hydrogens is 370 g/mol. The topological polar surface area (TPSA) is 87.7 Å². The van der Waals surface area contributed by atoms with Crippen LogP contribution < -0.4 is 15.4 Å². The number of carbonyl (C=O) groups is 3. The molecule has 1 saturated heterocycles. The van der Waals surface area contributed by atoms with Gasteiger partial charge in [0.25, 0.3) is 5.91 Å². The fourth-order valence-electron chi connectivity index (χ4n) is 3.49. The van der Waals surface area contributed by atoms with Gasteiger partial charge >= 0.3 is 6.03 Å². The normalized spacial score (nSPS) is 18.6. The van der Waals surface area contributed by atoms with E-state index in [0.717, 1.165) is 16.0 Å². The molecular formula is C22H25N3O4. The summed E-state index contributed by atoms with van der Waals surface area (Å²) in [5.41, 5.74) is 2.03. The van der Waals surface area contributed by atoms with Gasteiger partial charge in [-0.2, -0.15) is 0 Å². The van der Waals surface area contributed by atoms with Gasteiger partial charge in [-0.15, -0.1) is 0 Å². The van der Waals surface area contributed by atoms with E-state index >= 15 is 0 Å². The molecule has 29 heavy (non-hydrogen) atoms. The molecule has 0 bridgehead atoms. The molecule has 7 heteroatoms. The molecule has 1 aliphatic heterocycles. The van der Waals surface area contributed by atoms with Gasteiger partial charge in [-0.25, -0.2) is 4.79 Å². The largest absolute Gasteiger partial charge is 0.497 e. The van der Waals surface area contributed by atoms with E-state index in [1.165, 1.54) is 0 Å². The number of hydrogen-bond acceptors (Lipinski definition) is 4. The summed E-state index contributed by atoms with van der Waals surface area (Å²) in [5.74, 6) is -0.211. The maximum Gasteiger partial charge on any atom is 0.325 e. The zero-order chi connectivity index (χ0) is 21.2. The zero-order valence-corrected chi connectivity index (χ0v) is 17.0. The number of imide groups is 1. The minimum atomic E-state index is -1.19. The van der Waals surface area contributed by atoms with Gasteiger partial charge in [0.05, 0.1) is 7.11 Å². The van der Waals surface area contributed by atoms with E-state index in [4.69, 9.17) is 4.74 Å². The molecule has 4 amide bonds. The van der Waals surface area contributed by atoms with Crippen molar-refractivity contribution in [3.8, 4) is 5.75 Å². The minimum Gasteiger partial charge on any atom is -0.497 e. The summed E-state index contributed by atoms with van der Waals surface area (Å²) in [7, 11) is 1.56. The number of aryl methyl sites for hydroxylation is 2. The monoisotopic (exact) mass is 395 g/mol. The van der Waals surface area contributed by atoms with Crippen molar-refractivity contribution in [1.29, 1.82) is 0 Å². The molecule has 1 heterocycles. The van der Waals surface area contributed by atoms with Crippen LogP contribution in [0.3, 0.4) is 0 Å². The third-order valence-corrected chi connectivity index (χ3v) is 5.26. The fraction of sp³-hybridized carbons (Fsp3) is 0.318. The molecule has 0 saturated carbocycles. The summed E-state index contributed by atoms with van der Waals surface area (Å²) in [6.07, 6.45) is 0.360. The quantitative estimate of drug-likeness (QED) is 0.736. The summed E-state index contributed by atoms with van der Waals surface area (Å²) in [5, 5.41) is 5.57. The average molecular weight is 395 g/mol. The highest BCUT2D eigenvalue weighted by atomic mass is 16.5. The summed E-state index contributed by atoms with van der Waals surface area (Å²) >= 11 is 0.